The van der Waals surface area contributed by atoms with Gasteiger partial charge in [0.25, 0.3) is 0 Å². The second-order valence-corrected chi connectivity index (χ2v) is 11.1. The molecule has 0 saturated carbocycles. The van der Waals surface area contributed by atoms with Crippen molar-refractivity contribution in [3.63, 3.8) is 0 Å². The van der Waals surface area contributed by atoms with Crippen LogP contribution in [0.2, 0.25) is 0 Å². The summed E-state index contributed by atoms with van der Waals surface area (Å²) in [6.07, 6.45) is 3.25. The van der Waals surface area contributed by atoms with Crippen molar-refractivity contribution in [1.29, 1.82) is 0 Å². The van der Waals surface area contributed by atoms with Crippen molar-refractivity contribution in [1.82, 2.24) is 20.4 Å². The Morgan fingerprint density at radius 2 is 1.64 bits per heavy atom. The highest BCUT2D eigenvalue weighted by Crippen LogP contribution is 2.31. The number of halogens is 3. The van der Waals surface area contributed by atoms with Crippen LogP contribution in [-0.2, 0) is 25.6 Å². The number of rotatable bonds is 6. The molecule has 5 rings (SSSR count). The van der Waals surface area contributed by atoms with Crippen molar-refractivity contribution in [3.8, 4) is 5.75 Å². The lowest BCUT2D eigenvalue weighted by molar-refractivity contribution is -0.133. The first kappa shape index (κ1) is 36.7. The summed E-state index contributed by atoms with van der Waals surface area (Å²) < 4.78 is 17.2. The molecule has 0 unspecified atom stereocenters. The van der Waals surface area contributed by atoms with Crippen molar-refractivity contribution in [2.45, 2.75) is 32.2 Å². The summed E-state index contributed by atoms with van der Waals surface area (Å²) in [5.41, 5.74) is 2.25. The zero-order valence-corrected chi connectivity index (χ0v) is 26.9. The van der Waals surface area contributed by atoms with Crippen molar-refractivity contribution in [2.75, 3.05) is 96.8 Å². The van der Waals surface area contributed by atoms with Gasteiger partial charge < -0.3 is 34.6 Å². The van der Waals surface area contributed by atoms with Gasteiger partial charge in [-0.15, -0.1) is 37.2 Å². The summed E-state index contributed by atoms with van der Waals surface area (Å²) in [4.78, 5) is 32.6. The van der Waals surface area contributed by atoms with Gasteiger partial charge in [-0.25, -0.2) is 0 Å². The van der Waals surface area contributed by atoms with Crippen LogP contribution >= 0.6 is 37.2 Å². The number of amides is 2. The number of hydrogen-bond donors (Lipinski definition) is 2. The molecule has 2 atom stereocenters. The standard InChI is InChI=1S/C29H45N5O5.3ClH/c35-28(31-6-8-32-9-14-37-15-10-32)19-23-5-7-34-22-24(23)2-1-13-39-27-4-3-26(33-11-16-38-17-12-33)18-25(27)20-30-21-29(34)36;;;/h3-4,18,23-24,30H,1-2,5-17,19-22H2,(H,31,35);3*1H/t23-,24-;;;/m0.../s1. The predicted octanol–water partition coefficient (Wildman–Crippen LogP) is 2.35. The van der Waals surface area contributed by atoms with Crippen LogP contribution in [0.25, 0.3) is 0 Å². The van der Waals surface area contributed by atoms with E-state index in [0.717, 1.165) is 103 Å². The number of hydrogen-bond acceptors (Lipinski definition) is 8. The Morgan fingerprint density at radius 3 is 2.40 bits per heavy atom. The molecule has 4 heterocycles. The fraction of sp³-hybridized carbons (Fsp3) is 0.724. The van der Waals surface area contributed by atoms with Crippen molar-refractivity contribution in [3.05, 3.63) is 23.8 Å². The molecular weight excluding hydrogens is 605 g/mol. The second kappa shape index (κ2) is 19.0. The molecule has 2 N–H and O–H groups in total. The highest BCUT2D eigenvalue weighted by molar-refractivity contribution is 5.86. The number of fused-ring (bicyclic) bond motifs is 3. The number of anilines is 1. The van der Waals surface area contributed by atoms with Gasteiger partial charge in [0.2, 0.25) is 11.8 Å². The highest BCUT2D eigenvalue weighted by atomic mass is 35.5. The van der Waals surface area contributed by atoms with Gasteiger partial charge in [0, 0.05) is 76.6 Å². The maximum atomic E-state index is 13.1. The summed E-state index contributed by atoms with van der Waals surface area (Å²) in [6, 6.07) is 6.37. The molecule has 0 spiro atoms. The van der Waals surface area contributed by atoms with Crippen LogP contribution in [-0.4, -0.2) is 114 Å². The lowest BCUT2D eigenvalue weighted by Gasteiger charge is -2.38. The van der Waals surface area contributed by atoms with E-state index in [1.165, 1.54) is 5.69 Å². The molecular formula is C29H48Cl3N5O5. The van der Waals surface area contributed by atoms with Crippen LogP contribution in [0.15, 0.2) is 18.2 Å². The quantitative estimate of drug-likeness (QED) is 0.484. The molecule has 4 aliphatic heterocycles. The van der Waals surface area contributed by atoms with Crippen LogP contribution in [0.1, 0.15) is 31.2 Å². The molecule has 1 aromatic rings. The fourth-order valence-electron chi connectivity index (χ4n) is 6.20. The minimum Gasteiger partial charge on any atom is -0.493 e. The Bertz CT molecular complexity index is 966. The predicted molar refractivity (Wildman–Crippen MR) is 171 cm³/mol. The zero-order chi connectivity index (χ0) is 26.9. The zero-order valence-electron chi connectivity index (χ0n) is 24.4. The Hall–Kier alpha value is -1.53. The number of carbonyl (C=O) groups is 2. The third-order valence-corrected chi connectivity index (χ3v) is 8.53. The molecule has 3 fully saturated rings. The molecule has 0 aliphatic carbocycles. The molecule has 3 saturated heterocycles. The SMILES string of the molecule is Cl.Cl.Cl.O=C(C[C@@H]1CCN2C[C@@H]1CCCOc1ccc(N3CCOCC3)cc1CNCC2=O)NCCN1CCOCC1. The van der Waals surface area contributed by atoms with E-state index < -0.39 is 0 Å². The highest BCUT2D eigenvalue weighted by Gasteiger charge is 2.32. The molecule has 2 amide bonds. The Balaban J connectivity index is 0.00000205. The lowest BCUT2D eigenvalue weighted by atomic mass is 9.80. The molecule has 13 heteroatoms. The van der Waals surface area contributed by atoms with Gasteiger partial charge in [0.1, 0.15) is 5.75 Å². The van der Waals surface area contributed by atoms with Crippen molar-refractivity contribution in [2.24, 2.45) is 11.8 Å². The molecule has 2 bridgehead atoms. The van der Waals surface area contributed by atoms with E-state index >= 15 is 0 Å². The lowest BCUT2D eigenvalue weighted by Crippen LogP contribution is -2.47. The first-order valence-corrected chi connectivity index (χ1v) is 14.8. The summed E-state index contributed by atoms with van der Waals surface area (Å²) in [7, 11) is 0. The number of benzene rings is 1. The van der Waals surface area contributed by atoms with E-state index in [-0.39, 0.29) is 49.0 Å². The van der Waals surface area contributed by atoms with Crippen LogP contribution in [0.5, 0.6) is 5.75 Å². The maximum Gasteiger partial charge on any atom is 0.236 e. The van der Waals surface area contributed by atoms with Gasteiger partial charge in [0.05, 0.1) is 39.6 Å². The summed E-state index contributed by atoms with van der Waals surface area (Å²) in [5.74, 6) is 1.74. The normalized spacial score (nSPS) is 23.7. The van der Waals surface area contributed by atoms with Gasteiger partial charge in [-0.2, -0.15) is 0 Å². The van der Waals surface area contributed by atoms with E-state index in [2.05, 4.69) is 38.6 Å². The summed E-state index contributed by atoms with van der Waals surface area (Å²) in [6.45, 7) is 11.2. The molecule has 0 radical (unpaired) electrons. The maximum absolute atomic E-state index is 13.1. The minimum atomic E-state index is 0. The molecule has 42 heavy (non-hydrogen) atoms. The third kappa shape index (κ3) is 10.6. The second-order valence-electron chi connectivity index (χ2n) is 11.1. The number of morpholine rings is 2. The fourth-order valence-corrected chi connectivity index (χ4v) is 6.20. The molecule has 4 aliphatic rings. The minimum absolute atomic E-state index is 0. The number of nitrogens with one attached hydrogen (secondary N) is 2. The van der Waals surface area contributed by atoms with E-state index in [0.29, 0.717) is 44.5 Å². The number of piperidine rings is 1. The van der Waals surface area contributed by atoms with Crippen LogP contribution in [0.4, 0.5) is 5.69 Å². The number of ether oxygens (including phenoxy) is 3. The monoisotopic (exact) mass is 651 g/mol. The first-order valence-electron chi connectivity index (χ1n) is 14.8. The van der Waals surface area contributed by atoms with Crippen molar-refractivity contribution < 1.29 is 23.8 Å². The third-order valence-electron chi connectivity index (χ3n) is 8.53. The molecule has 1 aromatic carbocycles. The van der Waals surface area contributed by atoms with Crippen molar-refractivity contribution >= 4 is 54.7 Å². The molecule has 240 valence electrons. The average Bonchev–Trinajstić information content (AvgIpc) is 2.98. The smallest absolute Gasteiger partial charge is 0.236 e. The molecule has 0 aromatic heterocycles. The Morgan fingerprint density at radius 1 is 0.905 bits per heavy atom. The van der Waals surface area contributed by atoms with E-state index in [1.54, 1.807) is 0 Å². The van der Waals surface area contributed by atoms with E-state index in [1.807, 2.05) is 4.90 Å². The first-order chi connectivity index (χ1) is 19.2. The van der Waals surface area contributed by atoms with Gasteiger partial charge >= 0.3 is 0 Å². The average molecular weight is 653 g/mol. The Labute approximate surface area is 268 Å². The van der Waals surface area contributed by atoms with Crippen LogP contribution in [0.3, 0.4) is 0 Å². The summed E-state index contributed by atoms with van der Waals surface area (Å²) >= 11 is 0. The number of carbonyl (C=O) groups excluding carboxylic acids is 2. The number of nitrogens with zero attached hydrogens (tertiary/aromatic N) is 3. The van der Waals surface area contributed by atoms with Gasteiger partial charge in [-0.3, -0.25) is 14.5 Å². The largest absolute Gasteiger partial charge is 0.493 e. The van der Waals surface area contributed by atoms with Gasteiger partial charge in [0.15, 0.2) is 0 Å². The summed E-state index contributed by atoms with van der Waals surface area (Å²) in [5, 5.41) is 6.50. The van der Waals surface area contributed by atoms with Gasteiger partial charge in [-0.05, 0) is 49.3 Å². The van der Waals surface area contributed by atoms with E-state index in [4.69, 9.17) is 14.2 Å². The van der Waals surface area contributed by atoms with Gasteiger partial charge in [-0.1, -0.05) is 0 Å². The van der Waals surface area contributed by atoms with Crippen LogP contribution in [0, 0.1) is 11.8 Å². The Kier molecular flexibility index (Phi) is 16.6. The molecule has 10 nitrogen and oxygen atoms in total. The van der Waals surface area contributed by atoms with E-state index in [9.17, 15) is 9.59 Å². The van der Waals surface area contributed by atoms with Crippen LogP contribution < -0.4 is 20.3 Å². The topological polar surface area (TPSA) is 95.6 Å².